The number of aliphatic hydroxyl groups is 1. The molecular weight excluding hydrogens is 257 g/mol. The van der Waals surface area contributed by atoms with E-state index in [1.54, 1.807) is 6.07 Å². The van der Waals surface area contributed by atoms with Crippen molar-refractivity contribution in [2.75, 3.05) is 5.32 Å². The van der Waals surface area contributed by atoms with Crippen molar-refractivity contribution in [1.82, 2.24) is 0 Å². The summed E-state index contributed by atoms with van der Waals surface area (Å²) in [6.45, 7) is 0. The summed E-state index contributed by atoms with van der Waals surface area (Å²) in [6.07, 6.45) is 3.70. The van der Waals surface area contributed by atoms with E-state index in [0.29, 0.717) is 24.1 Å². The first-order valence-corrected chi connectivity index (χ1v) is 7.42. The molecule has 0 aromatic heterocycles. The van der Waals surface area contributed by atoms with Crippen molar-refractivity contribution in [2.45, 2.75) is 38.2 Å². The molecule has 106 valence electrons. The summed E-state index contributed by atoms with van der Waals surface area (Å²) < 4.78 is 14.2. The molecule has 2 aliphatic carbocycles. The number of anilines is 1. The molecule has 4 rings (SSSR count). The number of amides is 1. The summed E-state index contributed by atoms with van der Waals surface area (Å²) in [5.74, 6) is 1.27. The molecule has 3 nitrogen and oxygen atoms in total. The standard InChI is InChI=1S/C16H18FNO2/c17-13-7-14-8(1-2-15(19)18-14)6-12(13)16(20)11-4-9-3-10(9)5-11/h6-7,9-11,16,20H,1-5H2,(H,18,19). The quantitative estimate of drug-likeness (QED) is 0.872. The number of carbonyl (C=O) groups is 1. The number of carbonyl (C=O) groups excluding carboxylic acids is 1. The monoisotopic (exact) mass is 275 g/mol. The molecule has 1 aromatic carbocycles. The molecule has 20 heavy (non-hydrogen) atoms. The van der Waals surface area contributed by atoms with Gasteiger partial charge < -0.3 is 10.4 Å². The van der Waals surface area contributed by atoms with Crippen LogP contribution in [0.1, 0.15) is 42.9 Å². The SMILES string of the molecule is O=C1CCc2cc(C(O)C3CC4CC4C3)c(F)cc2N1. The lowest BCUT2D eigenvalue weighted by Crippen LogP contribution is -2.20. The summed E-state index contributed by atoms with van der Waals surface area (Å²) in [5, 5.41) is 13.2. The zero-order chi connectivity index (χ0) is 13.9. The molecule has 3 aliphatic rings. The first kappa shape index (κ1) is 12.3. The molecule has 2 fully saturated rings. The number of nitrogens with one attached hydrogen (secondary N) is 1. The van der Waals surface area contributed by atoms with Crippen LogP contribution in [0.5, 0.6) is 0 Å². The van der Waals surface area contributed by atoms with E-state index in [2.05, 4.69) is 5.32 Å². The summed E-state index contributed by atoms with van der Waals surface area (Å²) in [6, 6.07) is 3.11. The maximum Gasteiger partial charge on any atom is 0.224 e. The van der Waals surface area contributed by atoms with E-state index in [0.717, 1.165) is 30.2 Å². The van der Waals surface area contributed by atoms with E-state index < -0.39 is 11.9 Å². The zero-order valence-electron chi connectivity index (χ0n) is 11.2. The molecule has 3 atom stereocenters. The molecular formula is C16H18FNO2. The van der Waals surface area contributed by atoms with Crippen LogP contribution in [-0.2, 0) is 11.2 Å². The molecule has 2 saturated carbocycles. The minimum Gasteiger partial charge on any atom is -0.388 e. The molecule has 2 N–H and O–H groups in total. The van der Waals surface area contributed by atoms with Crippen LogP contribution >= 0.6 is 0 Å². The Balaban J connectivity index is 1.62. The minimum atomic E-state index is -0.703. The highest BCUT2D eigenvalue weighted by molar-refractivity contribution is 5.93. The summed E-state index contributed by atoms with van der Waals surface area (Å²) in [4.78, 5) is 11.3. The minimum absolute atomic E-state index is 0.0684. The number of fused-ring (bicyclic) bond motifs is 2. The van der Waals surface area contributed by atoms with Gasteiger partial charge in [0.15, 0.2) is 0 Å². The number of rotatable bonds is 2. The van der Waals surface area contributed by atoms with Crippen LogP contribution in [0.15, 0.2) is 12.1 Å². The average molecular weight is 275 g/mol. The Hall–Kier alpha value is -1.42. The number of aryl methyl sites for hydroxylation is 1. The fraction of sp³-hybridized carbons (Fsp3) is 0.562. The van der Waals surface area contributed by atoms with Crippen molar-refractivity contribution in [2.24, 2.45) is 17.8 Å². The van der Waals surface area contributed by atoms with Crippen LogP contribution in [0.25, 0.3) is 0 Å². The molecule has 3 unspecified atom stereocenters. The van der Waals surface area contributed by atoms with Crippen molar-refractivity contribution in [3.8, 4) is 0 Å². The van der Waals surface area contributed by atoms with Gasteiger partial charge in [-0.15, -0.1) is 0 Å². The number of benzene rings is 1. The van der Waals surface area contributed by atoms with Gasteiger partial charge in [-0.05, 0) is 61.1 Å². The van der Waals surface area contributed by atoms with Crippen molar-refractivity contribution in [1.29, 1.82) is 0 Å². The second-order valence-corrected chi connectivity index (χ2v) is 6.51. The van der Waals surface area contributed by atoms with E-state index in [-0.39, 0.29) is 11.8 Å². The third-order valence-corrected chi connectivity index (χ3v) is 5.16. The van der Waals surface area contributed by atoms with Gasteiger partial charge in [-0.1, -0.05) is 0 Å². The van der Waals surface area contributed by atoms with Crippen molar-refractivity contribution < 1.29 is 14.3 Å². The van der Waals surface area contributed by atoms with Gasteiger partial charge in [-0.3, -0.25) is 4.79 Å². The van der Waals surface area contributed by atoms with E-state index in [4.69, 9.17) is 0 Å². The predicted molar refractivity (Wildman–Crippen MR) is 72.6 cm³/mol. The Bertz CT molecular complexity index is 576. The topological polar surface area (TPSA) is 49.3 Å². The second-order valence-electron chi connectivity index (χ2n) is 6.51. The van der Waals surface area contributed by atoms with Crippen molar-refractivity contribution in [3.63, 3.8) is 0 Å². The molecule has 1 heterocycles. The maximum absolute atomic E-state index is 14.2. The summed E-state index contributed by atoms with van der Waals surface area (Å²) in [5.41, 5.74) is 1.90. The highest BCUT2D eigenvalue weighted by Crippen LogP contribution is 2.57. The lowest BCUT2D eigenvalue weighted by atomic mass is 9.89. The zero-order valence-corrected chi connectivity index (χ0v) is 11.2. The number of halogens is 1. The van der Waals surface area contributed by atoms with E-state index in [1.807, 2.05) is 0 Å². The van der Waals surface area contributed by atoms with Gasteiger partial charge in [0, 0.05) is 17.7 Å². The lowest BCUT2D eigenvalue weighted by Gasteiger charge is -2.23. The van der Waals surface area contributed by atoms with Crippen LogP contribution in [0.4, 0.5) is 10.1 Å². The predicted octanol–water partition coefficient (Wildman–Crippen LogP) is 2.79. The fourth-order valence-electron chi connectivity index (χ4n) is 3.92. The first-order chi connectivity index (χ1) is 9.61. The van der Waals surface area contributed by atoms with Gasteiger partial charge >= 0.3 is 0 Å². The van der Waals surface area contributed by atoms with E-state index >= 15 is 0 Å². The summed E-state index contributed by atoms with van der Waals surface area (Å²) >= 11 is 0. The maximum atomic E-state index is 14.2. The van der Waals surface area contributed by atoms with Crippen molar-refractivity contribution >= 4 is 11.6 Å². The number of aliphatic hydroxyl groups excluding tert-OH is 1. The van der Waals surface area contributed by atoms with Gasteiger partial charge in [0.2, 0.25) is 5.91 Å². The highest BCUT2D eigenvalue weighted by atomic mass is 19.1. The molecule has 0 radical (unpaired) electrons. The largest absolute Gasteiger partial charge is 0.388 e. The molecule has 1 aliphatic heterocycles. The Morgan fingerprint density at radius 1 is 1.20 bits per heavy atom. The molecule has 1 aromatic rings. The molecule has 0 bridgehead atoms. The van der Waals surface area contributed by atoms with Crippen LogP contribution in [-0.4, -0.2) is 11.0 Å². The lowest BCUT2D eigenvalue weighted by molar-refractivity contribution is -0.116. The van der Waals surface area contributed by atoms with Crippen LogP contribution in [0.2, 0.25) is 0 Å². The molecule has 0 spiro atoms. The van der Waals surface area contributed by atoms with Crippen LogP contribution < -0.4 is 5.32 Å². The van der Waals surface area contributed by atoms with Gasteiger partial charge in [-0.25, -0.2) is 4.39 Å². The average Bonchev–Trinajstić information content (AvgIpc) is 3.03. The number of hydrogen-bond donors (Lipinski definition) is 2. The van der Waals surface area contributed by atoms with E-state index in [1.165, 1.54) is 12.5 Å². The summed E-state index contributed by atoms with van der Waals surface area (Å²) in [7, 11) is 0. The van der Waals surface area contributed by atoms with Gasteiger partial charge in [0.05, 0.1) is 6.10 Å². The highest BCUT2D eigenvalue weighted by Gasteiger charge is 2.48. The Morgan fingerprint density at radius 2 is 1.95 bits per heavy atom. The Kier molecular flexibility index (Phi) is 2.64. The fourth-order valence-corrected chi connectivity index (χ4v) is 3.92. The molecule has 4 heteroatoms. The molecule has 1 amide bonds. The van der Waals surface area contributed by atoms with Gasteiger partial charge in [0.1, 0.15) is 5.82 Å². The first-order valence-electron chi connectivity index (χ1n) is 7.42. The third-order valence-electron chi connectivity index (χ3n) is 5.16. The second kappa shape index (κ2) is 4.29. The third kappa shape index (κ3) is 1.94. The van der Waals surface area contributed by atoms with Crippen LogP contribution in [0, 0.1) is 23.6 Å². The Labute approximate surface area is 117 Å². The van der Waals surface area contributed by atoms with Gasteiger partial charge in [-0.2, -0.15) is 0 Å². The number of hydrogen-bond acceptors (Lipinski definition) is 2. The van der Waals surface area contributed by atoms with E-state index in [9.17, 15) is 14.3 Å². The molecule has 0 saturated heterocycles. The normalized spacial score (nSPS) is 32.3. The van der Waals surface area contributed by atoms with Crippen molar-refractivity contribution in [3.05, 3.63) is 29.1 Å². The van der Waals surface area contributed by atoms with Gasteiger partial charge in [0.25, 0.3) is 0 Å². The Morgan fingerprint density at radius 3 is 2.70 bits per heavy atom. The smallest absolute Gasteiger partial charge is 0.224 e. The van der Waals surface area contributed by atoms with Crippen LogP contribution in [0.3, 0.4) is 0 Å².